The molecule has 0 bridgehead atoms. The van der Waals surface area contributed by atoms with Crippen molar-refractivity contribution in [3.63, 3.8) is 0 Å². The summed E-state index contributed by atoms with van der Waals surface area (Å²) in [6, 6.07) is 0.287. The first-order valence-electron chi connectivity index (χ1n) is 4.49. The molecule has 3 heteroatoms. The maximum atomic E-state index is 5.65. The number of nitrogens with two attached hydrogens (primary N) is 1. The quantitative estimate of drug-likeness (QED) is 0.732. The number of hydrogen-bond donors (Lipinski definition) is 1. The van der Waals surface area contributed by atoms with E-state index in [1.54, 1.807) is 0 Å². The molecule has 2 N–H and O–H groups in total. The van der Waals surface area contributed by atoms with Gasteiger partial charge in [-0.25, -0.2) is 0 Å². The Morgan fingerprint density at radius 1 is 1.67 bits per heavy atom. The van der Waals surface area contributed by atoms with Gasteiger partial charge in [-0.3, -0.25) is 4.68 Å². The molecule has 12 heavy (non-hydrogen) atoms. The van der Waals surface area contributed by atoms with Gasteiger partial charge in [-0.1, -0.05) is 0 Å². The van der Waals surface area contributed by atoms with Crippen LogP contribution in [0.1, 0.15) is 25.8 Å². The summed E-state index contributed by atoms with van der Waals surface area (Å²) in [7, 11) is 0. The van der Waals surface area contributed by atoms with E-state index < -0.39 is 0 Å². The molecule has 0 aromatic carbocycles. The lowest BCUT2D eigenvalue weighted by atomic mass is 10.1. The van der Waals surface area contributed by atoms with Crippen LogP contribution in [0.5, 0.6) is 0 Å². The second-order valence-electron chi connectivity index (χ2n) is 3.22. The summed E-state index contributed by atoms with van der Waals surface area (Å²) in [6.07, 6.45) is 6.08. The van der Waals surface area contributed by atoms with Crippen molar-refractivity contribution in [1.29, 1.82) is 0 Å². The Hall–Kier alpha value is -0.830. The minimum absolute atomic E-state index is 0.287. The zero-order valence-electron chi connectivity index (χ0n) is 7.83. The molecule has 1 aromatic rings. The highest BCUT2D eigenvalue weighted by Crippen LogP contribution is 2.02. The smallest absolute Gasteiger partial charge is 0.0521 e. The number of nitrogens with zero attached hydrogens (tertiary/aromatic N) is 2. The topological polar surface area (TPSA) is 43.8 Å². The van der Waals surface area contributed by atoms with E-state index in [0.717, 1.165) is 19.4 Å². The third-order valence-electron chi connectivity index (χ3n) is 1.90. The van der Waals surface area contributed by atoms with Crippen molar-refractivity contribution >= 4 is 0 Å². The normalized spacial score (nSPS) is 13.2. The second kappa shape index (κ2) is 4.26. The first kappa shape index (κ1) is 9.26. The molecule has 0 aliphatic rings. The molecule has 0 radical (unpaired) electrons. The van der Waals surface area contributed by atoms with E-state index in [4.69, 9.17) is 5.73 Å². The SMILES string of the molecule is CCn1cc(CC[C@@H](C)N)cn1. The van der Waals surface area contributed by atoms with Crippen LogP contribution >= 0.6 is 0 Å². The average molecular weight is 167 g/mol. The zero-order chi connectivity index (χ0) is 8.97. The van der Waals surface area contributed by atoms with E-state index in [2.05, 4.69) is 18.2 Å². The Labute approximate surface area is 73.6 Å². The van der Waals surface area contributed by atoms with Crippen LogP contribution in [0, 0.1) is 0 Å². The van der Waals surface area contributed by atoms with Crippen molar-refractivity contribution in [3.05, 3.63) is 18.0 Å². The molecule has 1 rings (SSSR count). The van der Waals surface area contributed by atoms with Gasteiger partial charge in [-0.2, -0.15) is 5.10 Å². The van der Waals surface area contributed by atoms with Gasteiger partial charge in [0.2, 0.25) is 0 Å². The third kappa shape index (κ3) is 2.66. The van der Waals surface area contributed by atoms with Crippen LogP contribution in [-0.4, -0.2) is 15.8 Å². The molecule has 0 spiro atoms. The van der Waals surface area contributed by atoms with E-state index in [1.165, 1.54) is 5.56 Å². The molecule has 0 aliphatic heterocycles. The minimum atomic E-state index is 0.287. The monoisotopic (exact) mass is 167 g/mol. The van der Waals surface area contributed by atoms with Crippen LogP contribution in [0.25, 0.3) is 0 Å². The fourth-order valence-corrected chi connectivity index (χ4v) is 1.10. The van der Waals surface area contributed by atoms with Crippen molar-refractivity contribution in [3.8, 4) is 0 Å². The number of aromatic nitrogens is 2. The molecule has 0 saturated heterocycles. The van der Waals surface area contributed by atoms with Gasteiger partial charge >= 0.3 is 0 Å². The van der Waals surface area contributed by atoms with Gasteiger partial charge in [0.25, 0.3) is 0 Å². The van der Waals surface area contributed by atoms with E-state index in [1.807, 2.05) is 17.8 Å². The highest BCUT2D eigenvalue weighted by atomic mass is 15.3. The number of aryl methyl sites for hydroxylation is 2. The first-order chi connectivity index (χ1) is 5.72. The molecule has 0 unspecified atom stereocenters. The standard InChI is InChI=1S/C9H17N3/c1-3-12-7-9(6-11-12)5-4-8(2)10/h6-8H,3-5,10H2,1-2H3/t8-/m1/s1. The molecule has 68 valence electrons. The lowest BCUT2D eigenvalue weighted by molar-refractivity contribution is 0.652. The van der Waals surface area contributed by atoms with Crippen LogP contribution in [0.15, 0.2) is 12.4 Å². The van der Waals surface area contributed by atoms with Gasteiger partial charge in [-0.15, -0.1) is 0 Å². The Morgan fingerprint density at radius 3 is 2.92 bits per heavy atom. The van der Waals surface area contributed by atoms with Crippen LogP contribution in [-0.2, 0) is 13.0 Å². The lowest BCUT2D eigenvalue weighted by Crippen LogP contribution is -2.15. The van der Waals surface area contributed by atoms with Gasteiger partial charge in [0.05, 0.1) is 6.20 Å². The van der Waals surface area contributed by atoms with Gasteiger partial charge in [0.1, 0.15) is 0 Å². The molecule has 1 heterocycles. The third-order valence-corrected chi connectivity index (χ3v) is 1.90. The van der Waals surface area contributed by atoms with Gasteiger partial charge in [-0.05, 0) is 32.3 Å². The van der Waals surface area contributed by atoms with Gasteiger partial charge in [0.15, 0.2) is 0 Å². The highest BCUT2D eigenvalue weighted by Gasteiger charge is 1.99. The maximum absolute atomic E-state index is 5.65. The van der Waals surface area contributed by atoms with Gasteiger partial charge < -0.3 is 5.73 Å². The number of hydrogen-bond acceptors (Lipinski definition) is 2. The van der Waals surface area contributed by atoms with Crippen LogP contribution < -0.4 is 5.73 Å². The van der Waals surface area contributed by atoms with E-state index in [-0.39, 0.29) is 6.04 Å². The molecule has 0 fully saturated rings. The summed E-state index contributed by atoms with van der Waals surface area (Å²) in [4.78, 5) is 0. The summed E-state index contributed by atoms with van der Waals surface area (Å²) in [5.41, 5.74) is 6.94. The minimum Gasteiger partial charge on any atom is -0.328 e. The summed E-state index contributed by atoms with van der Waals surface area (Å²) >= 11 is 0. The van der Waals surface area contributed by atoms with Crippen LogP contribution in [0.3, 0.4) is 0 Å². The van der Waals surface area contributed by atoms with Crippen molar-refractivity contribution < 1.29 is 0 Å². The molecule has 1 aromatic heterocycles. The average Bonchev–Trinajstić information content (AvgIpc) is 2.48. The number of rotatable bonds is 4. The molecule has 0 amide bonds. The maximum Gasteiger partial charge on any atom is 0.0521 e. The van der Waals surface area contributed by atoms with Crippen LogP contribution in [0.4, 0.5) is 0 Å². The largest absolute Gasteiger partial charge is 0.328 e. The first-order valence-corrected chi connectivity index (χ1v) is 4.49. The van der Waals surface area contributed by atoms with Crippen molar-refractivity contribution in [2.45, 2.75) is 39.3 Å². The Bertz CT molecular complexity index is 227. The molecule has 1 atom stereocenters. The summed E-state index contributed by atoms with van der Waals surface area (Å²) < 4.78 is 1.94. The summed E-state index contributed by atoms with van der Waals surface area (Å²) in [5, 5.41) is 4.19. The molecular weight excluding hydrogens is 150 g/mol. The van der Waals surface area contributed by atoms with E-state index in [9.17, 15) is 0 Å². The second-order valence-corrected chi connectivity index (χ2v) is 3.22. The highest BCUT2D eigenvalue weighted by molar-refractivity contribution is 5.03. The predicted octanol–water partition coefficient (Wildman–Crippen LogP) is 1.18. The fourth-order valence-electron chi connectivity index (χ4n) is 1.10. The van der Waals surface area contributed by atoms with Crippen molar-refractivity contribution in [1.82, 2.24) is 9.78 Å². The Kier molecular flexibility index (Phi) is 3.29. The van der Waals surface area contributed by atoms with Crippen LogP contribution in [0.2, 0.25) is 0 Å². The van der Waals surface area contributed by atoms with E-state index in [0.29, 0.717) is 0 Å². The summed E-state index contributed by atoms with van der Waals surface area (Å²) in [5.74, 6) is 0. The van der Waals surface area contributed by atoms with E-state index >= 15 is 0 Å². The molecular formula is C9H17N3. The van der Waals surface area contributed by atoms with Crippen molar-refractivity contribution in [2.75, 3.05) is 0 Å². The Balaban J connectivity index is 2.41. The lowest BCUT2D eigenvalue weighted by Gasteiger charge is -2.01. The van der Waals surface area contributed by atoms with Crippen molar-refractivity contribution in [2.24, 2.45) is 5.73 Å². The fraction of sp³-hybridized carbons (Fsp3) is 0.667. The molecule has 0 saturated carbocycles. The molecule has 3 nitrogen and oxygen atoms in total. The Morgan fingerprint density at radius 2 is 2.42 bits per heavy atom. The molecule has 0 aliphatic carbocycles. The predicted molar refractivity (Wildman–Crippen MR) is 49.9 cm³/mol. The van der Waals surface area contributed by atoms with Gasteiger partial charge in [0, 0.05) is 18.8 Å². The summed E-state index contributed by atoms with van der Waals surface area (Å²) in [6.45, 7) is 5.06. The zero-order valence-corrected chi connectivity index (χ0v) is 7.83.